The largest absolute Gasteiger partial charge is 0.365 e. The van der Waals surface area contributed by atoms with Crippen LogP contribution in [0.25, 0.3) is 0 Å². The number of primary amides is 1. The minimum atomic E-state index is -2.94. The quantitative estimate of drug-likeness (QED) is 0.603. The smallest absolute Gasteiger partial charge is 0.285 e. The van der Waals surface area contributed by atoms with Crippen LogP contribution < -0.4 is 5.73 Å². The molecule has 1 amide bonds. The van der Waals surface area contributed by atoms with Gasteiger partial charge < -0.3 is 5.73 Å². The summed E-state index contributed by atoms with van der Waals surface area (Å²) in [6.45, 7) is 0. The first-order chi connectivity index (χ1) is 6.93. The summed E-state index contributed by atoms with van der Waals surface area (Å²) in [4.78, 5) is 23.3. The fourth-order valence-electron chi connectivity index (χ4n) is 0.921. The lowest BCUT2D eigenvalue weighted by Crippen LogP contribution is -2.14. The van der Waals surface area contributed by atoms with Crippen molar-refractivity contribution in [2.75, 3.05) is 0 Å². The maximum absolute atomic E-state index is 12.1. The van der Waals surface area contributed by atoms with Crippen molar-refractivity contribution in [3.63, 3.8) is 0 Å². The lowest BCUT2D eigenvalue weighted by Gasteiger charge is -2.01. The number of pyridine rings is 1. The molecule has 0 unspecified atom stereocenters. The second-order valence-corrected chi connectivity index (χ2v) is 2.55. The number of carbonyl (C=O) groups is 1. The highest BCUT2D eigenvalue weighted by molar-refractivity contribution is 5.96. The van der Waals surface area contributed by atoms with Crippen molar-refractivity contribution in [1.82, 2.24) is 4.98 Å². The minimum Gasteiger partial charge on any atom is -0.365 e. The number of hydrogen-bond donors (Lipinski definition) is 1. The standard InChI is InChI=1S/C7H5F2N3O3/c8-6(9)4-1-5(12(14)15)3(2-11-4)7(10)13/h1-2,6H,(H2,10,13). The van der Waals surface area contributed by atoms with Gasteiger partial charge >= 0.3 is 0 Å². The first kappa shape index (κ1) is 11.0. The Bertz CT molecular complexity index is 422. The second kappa shape index (κ2) is 3.95. The van der Waals surface area contributed by atoms with Crippen molar-refractivity contribution in [3.05, 3.63) is 33.6 Å². The Morgan fingerprint density at radius 3 is 2.60 bits per heavy atom. The summed E-state index contributed by atoms with van der Waals surface area (Å²) in [7, 11) is 0. The van der Waals surface area contributed by atoms with Gasteiger partial charge in [-0.3, -0.25) is 19.9 Å². The molecule has 0 fully saturated rings. The van der Waals surface area contributed by atoms with E-state index in [-0.39, 0.29) is 0 Å². The lowest BCUT2D eigenvalue weighted by atomic mass is 10.2. The number of aromatic nitrogens is 1. The molecule has 1 heterocycles. The molecule has 1 rings (SSSR count). The molecular weight excluding hydrogens is 212 g/mol. The van der Waals surface area contributed by atoms with Crippen molar-refractivity contribution in [2.24, 2.45) is 5.73 Å². The predicted octanol–water partition coefficient (Wildman–Crippen LogP) is 1.03. The number of hydrogen-bond acceptors (Lipinski definition) is 4. The average Bonchev–Trinajstić information content (AvgIpc) is 2.16. The number of halogens is 2. The monoisotopic (exact) mass is 217 g/mol. The second-order valence-electron chi connectivity index (χ2n) is 2.55. The SMILES string of the molecule is NC(=O)c1cnc(C(F)F)cc1[N+](=O)[O-]. The molecular formula is C7H5F2N3O3. The van der Waals surface area contributed by atoms with Gasteiger partial charge in [-0.05, 0) is 0 Å². The molecule has 1 aromatic heterocycles. The van der Waals surface area contributed by atoms with E-state index >= 15 is 0 Å². The third-order valence-electron chi connectivity index (χ3n) is 1.59. The summed E-state index contributed by atoms with van der Waals surface area (Å²) in [6.07, 6.45) is -2.27. The Morgan fingerprint density at radius 2 is 2.20 bits per heavy atom. The third-order valence-corrected chi connectivity index (χ3v) is 1.59. The van der Waals surface area contributed by atoms with E-state index in [2.05, 4.69) is 4.98 Å². The van der Waals surface area contributed by atoms with E-state index in [4.69, 9.17) is 5.73 Å². The van der Waals surface area contributed by atoms with Gasteiger partial charge in [0.2, 0.25) is 0 Å². The maximum Gasteiger partial charge on any atom is 0.285 e. The summed E-state index contributed by atoms with van der Waals surface area (Å²) in [6, 6.07) is 0.532. The van der Waals surface area contributed by atoms with Gasteiger partial charge in [0.05, 0.1) is 4.92 Å². The molecule has 8 heteroatoms. The average molecular weight is 217 g/mol. The number of nitrogens with zero attached hydrogens (tertiary/aromatic N) is 2. The zero-order valence-corrected chi connectivity index (χ0v) is 7.18. The van der Waals surface area contributed by atoms with E-state index in [1.165, 1.54) is 0 Å². The number of nitro groups is 1. The number of alkyl halides is 2. The van der Waals surface area contributed by atoms with Crippen molar-refractivity contribution in [3.8, 4) is 0 Å². The lowest BCUT2D eigenvalue weighted by molar-refractivity contribution is -0.385. The van der Waals surface area contributed by atoms with Crippen LogP contribution in [0, 0.1) is 10.1 Å². The first-order valence-corrected chi connectivity index (χ1v) is 3.65. The fraction of sp³-hybridized carbons (Fsp3) is 0.143. The van der Waals surface area contributed by atoms with Gasteiger partial charge in [-0.15, -0.1) is 0 Å². The van der Waals surface area contributed by atoms with Gasteiger partial charge in [0.25, 0.3) is 18.0 Å². The molecule has 2 N–H and O–H groups in total. The summed E-state index contributed by atoms with van der Waals surface area (Å²) >= 11 is 0. The topological polar surface area (TPSA) is 99.1 Å². The third kappa shape index (κ3) is 2.22. The molecule has 0 aliphatic rings. The van der Waals surface area contributed by atoms with Crippen LogP contribution in [0.2, 0.25) is 0 Å². The zero-order valence-electron chi connectivity index (χ0n) is 7.18. The minimum absolute atomic E-state index is 0.496. The van der Waals surface area contributed by atoms with Gasteiger partial charge in [-0.2, -0.15) is 0 Å². The number of rotatable bonds is 3. The Balaban J connectivity index is 3.33. The Morgan fingerprint density at radius 1 is 1.60 bits per heavy atom. The molecule has 0 saturated heterocycles. The van der Waals surface area contributed by atoms with Crippen molar-refractivity contribution in [2.45, 2.75) is 6.43 Å². The van der Waals surface area contributed by atoms with E-state index in [0.29, 0.717) is 12.3 Å². The Labute approximate surface area is 81.9 Å². The fourth-order valence-corrected chi connectivity index (χ4v) is 0.921. The van der Waals surface area contributed by atoms with Crippen molar-refractivity contribution >= 4 is 11.6 Å². The Hall–Kier alpha value is -2.12. The summed E-state index contributed by atoms with van der Waals surface area (Å²) in [5, 5.41) is 10.4. The molecule has 0 aromatic carbocycles. The normalized spacial score (nSPS) is 10.3. The summed E-state index contributed by atoms with van der Waals surface area (Å²) in [5.41, 5.74) is 2.77. The van der Waals surface area contributed by atoms with E-state index in [0.717, 1.165) is 0 Å². The number of carbonyl (C=O) groups excluding carboxylic acids is 1. The Kier molecular flexibility index (Phi) is 2.88. The molecule has 0 bridgehead atoms. The van der Waals surface area contributed by atoms with Crippen molar-refractivity contribution < 1.29 is 18.5 Å². The van der Waals surface area contributed by atoms with E-state index < -0.39 is 34.2 Å². The van der Waals surface area contributed by atoms with Crippen LogP contribution in [-0.4, -0.2) is 15.8 Å². The van der Waals surface area contributed by atoms with Gasteiger partial charge in [0.15, 0.2) is 0 Å². The highest BCUT2D eigenvalue weighted by Gasteiger charge is 2.22. The van der Waals surface area contributed by atoms with Crippen LogP contribution in [0.3, 0.4) is 0 Å². The highest BCUT2D eigenvalue weighted by atomic mass is 19.3. The van der Waals surface area contributed by atoms with Crippen LogP contribution >= 0.6 is 0 Å². The number of amides is 1. The molecule has 0 aliphatic heterocycles. The summed E-state index contributed by atoms with van der Waals surface area (Å²) in [5.74, 6) is -1.09. The van der Waals surface area contributed by atoms with Gasteiger partial charge in [-0.25, -0.2) is 8.78 Å². The predicted molar refractivity (Wildman–Crippen MR) is 44.4 cm³/mol. The maximum atomic E-state index is 12.1. The van der Waals surface area contributed by atoms with Gasteiger partial charge in [0, 0.05) is 12.3 Å². The molecule has 0 aliphatic carbocycles. The van der Waals surface area contributed by atoms with Gasteiger partial charge in [0.1, 0.15) is 11.3 Å². The molecule has 80 valence electrons. The van der Waals surface area contributed by atoms with Crippen LogP contribution in [0.5, 0.6) is 0 Å². The molecule has 0 radical (unpaired) electrons. The zero-order chi connectivity index (χ0) is 11.6. The first-order valence-electron chi connectivity index (χ1n) is 3.65. The van der Waals surface area contributed by atoms with E-state index in [9.17, 15) is 23.7 Å². The molecule has 15 heavy (non-hydrogen) atoms. The van der Waals surface area contributed by atoms with Crippen LogP contribution in [0.1, 0.15) is 22.5 Å². The molecule has 6 nitrogen and oxygen atoms in total. The van der Waals surface area contributed by atoms with Crippen LogP contribution in [-0.2, 0) is 0 Å². The molecule has 0 saturated carbocycles. The van der Waals surface area contributed by atoms with Gasteiger partial charge in [-0.1, -0.05) is 0 Å². The summed E-state index contributed by atoms with van der Waals surface area (Å²) < 4.78 is 24.3. The molecule has 1 aromatic rings. The highest BCUT2D eigenvalue weighted by Crippen LogP contribution is 2.23. The van der Waals surface area contributed by atoms with E-state index in [1.807, 2.05) is 0 Å². The molecule has 0 atom stereocenters. The molecule has 0 spiro atoms. The van der Waals surface area contributed by atoms with Crippen LogP contribution in [0.15, 0.2) is 12.3 Å². The van der Waals surface area contributed by atoms with Crippen LogP contribution in [0.4, 0.5) is 14.5 Å². The van der Waals surface area contributed by atoms with Crippen molar-refractivity contribution in [1.29, 1.82) is 0 Å². The van der Waals surface area contributed by atoms with E-state index in [1.54, 1.807) is 0 Å². The number of nitrogens with two attached hydrogens (primary N) is 1.